The van der Waals surface area contributed by atoms with Gasteiger partial charge in [-0.2, -0.15) is 0 Å². The lowest BCUT2D eigenvalue weighted by Gasteiger charge is -2.19. The van der Waals surface area contributed by atoms with Gasteiger partial charge in [0.1, 0.15) is 0 Å². The standard InChI is InChI=1S/C15H20ClN5O2/c1-12-9-20(11-18-12)8-2-7-17-15(10-21(22)23)19-14-5-3-13(16)4-6-14/h3-5,9-11,14,17,19H,2,6-8H2,1H3/b15-10+. The van der Waals surface area contributed by atoms with Gasteiger partial charge in [-0.3, -0.25) is 10.1 Å². The van der Waals surface area contributed by atoms with E-state index in [-0.39, 0.29) is 6.04 Å². The molecule has 0 amide bonds. The zero-order valence-electron chi connectivity index (χ0n) is 12.9. The number of nitrogens with one attached hydrogen (secondary N) is 2. The van der Waals surface area contributed by atoms with Crippen molar-refractivity contribution < 1.29 is 4.92 Å². The number of hydrogen-bond donors (Lipinski definition) is 2. The van der Waals surface area contributed by atoms with Crippen molar-refractivity contribution in [1.29, 1.82) is 0 Å². The number of aromatic nitrogens is 2. The summed E-state index contributed by atoms with van der Waals surface area (Å²) in [7, 11) is 0. The van der Waals surface area contributed by atoms with Crippen LogP contribution in [0.2, 0.25) is 0 Å². The third-order valence-electron chi connectivity index (χ3n) is 3.30. The maximum Gasteiger partial charge on any atom is 0.274 e. The van der Waals surface area contributed by atoms with E-state index in [1.54, 1.807) is 12.4 Å². The Balaban J connectivity index is 1.79. The highest BCUT2D eigenvalue weighted by atomic mass is 35.5. The first-order valence-electron chi connectivity index (χ1n) is 7.41. The van der Waals surface area contributed by atoms with E-state index in [0.29, 0.717) is 23.8 Å². The predicted molar refractivity (Wildman–Crippen MR) is 89.3 cm³/mol. The average Bonchev–Trinajstić information content (AvgIpc) is 2.91. The summed E-state index contributed by atoms with van der Waals surface area (Å²) in [4.78, 5) is 14.4. The maximum absolute atomic E-state index is 10.7. The van der Waals surface area contributed by atoms with Crippen molar-refractivity contribution in [2.45, 2.75) is 32.4 Å². The van der Waals surface area contributed by atoms with E-state index in [0.717, 1.165) is 24.9 Å². The third kappa shape index (κ3) is 6.15. The van der Waals surface area contributed by atoms with Gasteiger partial charge < -0.3 is 15.2 Å². The first-order valence-corrected chi connectivity index (χ1v) is 7.78. The lowest BCUT2D eigenvalue weighted by atomic mass is 10.1. The van der Waals surface area contributed by atoms with Crippen LogP contribution >= 0.6 is 11.6 Å². The van der Waals surface area contributed by atoms with Gasteiger partial charge in [-0.1, -0.05) is 23.8 Å². The lowest BCUT2D eigenvalue weighted by Crippen LogP contribution is -2.35. The molecule has 8 heteroatoms. The van der Waals surface area contributed by atoms with E-state index < -0.39 is 4.92 Å². The van der Waals surface area contributed by atoms with Crippen LogP contribution in [0.4, 0.5) is 0 Å². The van der Waals surface area contributed by atoms with Crippen LogP contribution in [-0.4, -0.2) is 27.1 Å². The highest BCUT2D eigenvalue weighted by molar-refractivity contribution is 6.31. The summed E-state index contributed by atoms with van der Waals surface area (Å²) >= 11 is 5.87. The summed E-state index contributed by atoms with van der Waals surface area (Å²) in [6.45, 7) is 3.37. The molecule has 1 aliphatic rings. The first-order chi connectivity index (χ1) is 11.0. The monoisotopic (exact) mass is 337 g/mol. The van der Waals surface area contributed by atoms with Crippen LogP contribution in [0.5, 0.6) is 0 Å². The van der Waals surface area contributed by atoms with Crippen LogP contribution in [0.1, 0.15) is 18.5 Å². The number of nitro groups is 1. The smallest absolute Gasteiger partial charge is 0.274 e. The molecule has 0 saturated carbocycles. The van der Waals surface area contributed by atoms with Gasteiger partial charge >= 0.3 is 0 Å². The molecule has 0 radical (unpaired) electrons. The minimum absolute atomic E-state index is 0.00695. The molecule has 0 saturated heterocycles. The van der Waals surface area contributed by atoms with Crippen LogP contribution in [0.3, 0.4) is 0 Å². The lowest BCUT2D eigenvalue weighted by molar-refractivity contribution is -0.404. The van der Waals surface area contributed by atoms with E-state index in [2.05, 4.69) is 15.6 Å². The van der Waals surface area contributed by atoms with Gasteiger partial charge in [0.2, 0.25) is 0 Å². The summed E-state index contributed by atoms with van der Waals surface area (Å²) in [5.41, 5.74) is 0.976. The molecule has 0 aliphatic heterocycles. The molecular weight excluding hydrogens is 318 g/mol. The van der Waals surface area contributed by atoms with E-state index in [4.69, 9.17) is 11.6 Å². The Labute approximate surface area is 139 Å². The topological polar surface area (TPSA) is 85.0 Å². The summed E-state index contributed by atoms with van der Waals surface area (Å²) < 4.78 is 2.00. The summed E-state index contributed by atoms with van der Waals surface area (Å²) in [5, 5.41) is 17.6. The number of rotatable bonds is 8. The van der Waals surface area contributed by atoms with Crippen molar-refractivity contribution in [3.8, 4) is 0 Å². The van der Waals surface area contributed by atoms with E-state index in [9.17, 15) is 10.1 Å². The molecule has 0 fully saturated rings. The van der Waals surface area contributed by atoms with Gasteiger partial charge in [-0.25, -0.2) is 4.98 Å². The number of aryl methyl sites for hydroxylation is 2. The Kier molecular flexibility index (Phi) is 6.22. The first kappa shape index (κ1) is 17.1. The van der Waals surface area contributed by atoms with Gasteiger partial charge in [0, 0.05) is 30.4 Å². The average molecular weight is 338 g/mol. The largest absolute Gasteiger partial charge is 0.367 e. The van der Waals surface area contributed by atoms with Crippen LogP contribution in [0.15, 0.2) is 47.8 Å². The zero-order valence-corrected chi connectivity index (χ0v) is 13.7. The molecule has 1 aromatic heterocycles. The van der Waals surface area contributed by atoms with Crippen molar-refractivity contribution in [2.24, 2.45) is 0 Å². The third-order valence-corrected chi connectivity index (χ3v) is 3.58. The number of hydrogen-bond acceptors (Lipinski definition) is 5. The van der Waals surface area contributed by atoms with E-state index in [1.807, 2.05) is 29.8 Å². The summed E-state index contributed by atoms with van der Waals surface area (Å²) in [6, 6.07) is -0.00695. The predicted octanol–water partition coefficient (Wildman–Crippen LogP) is 2.29. The van der Waals surface area contributed by atoms with Crippen LogP contribution in [0.25, 0.3) is 0 Å². The molecule has 124 valence electrons. The van der Waals surface area contributed by atoms with Crippen LogP contribution in [0, 0.1) is 17.0 Å². The second-order valence-corrected chi connectivity index (χ2v) is 5.73. The second kappa shape index (κ2) is 8.38. The summed E-state index contributed by atoms with van der Waals surface area (Å²) in [5.74, 6) is 0.401. The normalized spacial score (nSPS) is 17.7. The highest BCUT2D eigenvalue weighted by Crippen LogP contribution is 2.14. The number of nitrogens with zero attached hydrogens (tertiary/aromatic N) is 3. The second-order valence-electron chi connectivity index (χ2n) is 5.30. The molecule has 2 rings (SSSR count). The Bertz CT molecular complexity index is 636. The van der Waals surface area contributed by atoms with Gasteiger partial charge in [0.25, 0.3) is 6.20 Å². The minimum atomic E-state index is -0.468. The number of halogens is 1. The SMILES string of the molecule is Cc1cn(CCCN/C(=C\[N+](=O)[O-])NC2C=CC(Cl)=CC2)cn1. The molecular formula is C15H20ClN5O2. The Hall–Kier alpha value is -2.28. The van der Waals surface area contributed by atoms with Crippen molar-refractivity contribution >= 4 is 11.6 Å². The number of imidazole rings is 1. The van der Waals surface area contributed by atoms with Crippen molar-refractivity contribution in [3.63, 3.8) is 0 Å². The molecule has 0 aromatic carbocycles. The quantitative estimate of drug-likeness (QED) is 0.432. The molecule has 1 aromatic rings. The summed E-state index contributed by atoms with van der Waals surface area (Å²) in [6.07, 6.45) is 11.8. The minimum Gasteiger partial charge on any atom is -0.367 e. The van der Waals surface area contributed by atoms with Gasteiger partial charge in [-0.15, -0.1) is 0 Å². The molecule has 0 bridgehead atoms. The van der Waals surface area contributed by atoms with Crippen molar-refractivity contribution in [2.75, 3.05) is 6.54 Å². The molecule has 1 aliphatic carbocycles. The fourth-order valence-corrected chi connectivity index (χ4v) is 2.38. The fraction of sp³-hybridized carbons (Fsp3) is 0.400. The Morgan fingerprint density at radius 2 is 2.48 bits per heavy atom. The molecule has 1 unspecified atom stereocenters. The van der Waals surface area contributed by atoms with Crippen LogP contribution in [-0.2, 0) is 6.54 Å². The molecule has 0 spiro atoms. The molecule has 1 atom stereocenters. The Morgan fingerprint density at radius 3 is 3.09 bits per heavy atom. The zero-order chi connectivity index (χ0) is 16.7. The van der Waals surface area contributed by atoms with Crippen LogP contribution < -0.4 is 10.6 Å². The van der Waals surface area contributed by atoms with Gasteiger partial charge in [-0.05, 0) is 25.8 Å². The molecule has 1 heterocycles. The molecule has 7 nitrogen and oxygen atoms in total. The fourth-order valence-electron chi connectivity index (χ4n) is 2.22. The van der Waals surface area contributed by atoms with E-state index in [1.165, 1.54) is 0 Å². The number of allylic oxidation sites excluding steroid dienone is 2. The van der Waals surface area contributed by atoms with Crippen molar-refractivity contribution in [3.05, 3.63) is 63.6 Å². The van der Waals surface area contributed by atoms with Crippen molar-refractivity contribution in [1.82, 2.24) is 20.2 Å². The van der Waals surface area contributed by atoms with Gasteiger partial charge in [0.05, 0.1) is 16.9 Å². The molecule has 23 heavy (non-hydrogen) atoms. The van der Waals surface area contributed by atoms with Gasteiger partial charge in [0.15, 0.2) is 5.82 Å². The Morgan fingerprint density at radius 1 is 1.65 bits per heavy atom. The highest BCUT2D eigenvalue weighted by Gasteiger charge is 2.11. The van der Waals surface area contributed by atoms with E-state index >= 15 is 0 Å². The molecule has 2 N–H and O–H groups in total. The maximum atomic E-state index is 10.7.